The lowest BCUT2D eigenvalue weighted by molar-refractivity contribution is 0.0973. The zero-order valence-electron chi connectivity index (χ0n) is 12.3. The van der Waals surface area contributed by atoms with Gasteiger partial charge in [-0.1, -0.05) is 43.7 Å². The highest BCUT2D eigenvalue weighted by Crippen LogP contribution is 2.31. The molecule has 0 bridgehead atoms. The van der Waals surface area contributed by atoms with E-state index in [1.54, 1.807) is 0 Å². The molecule has 1 N–H and O–H groups in total. The molecule has 0 fully saturated rings. The first-order chi connectivity index (χ1) is 10.3. The molecule has 108 valence electrons. The SMILES string of the molecule is CCCC[C@@H]1Nc2ccccc2C(=O)N1c1ccccc1. The van der Waals surface area contributed by atoms with E-state index < -0.39 is 0 Å². The molecule has 1 amide bonds. The summed E-state index contributed by atoms with van der Waals surface area (Å²) >= 11 is 0. The zero-order chi connectivity index (χ0) is 14.7. The van der Waals surface area contributed by atoms with Gasteiger partial charge in [-0.15, -0.1) is 0 Å². The summed E-state index contributed by atoms with van der Waals surface area (Å²) < 4.78 is 0. The summed E-state index contributed by atoms with van der Waals surface area (Å²) in [6.07, 6.45) is 3.19. The molecule has 0 saturated heterocycles. The van der Waals surface area contributed by atoms with Crippen LogP contribution >= 0.6 is 0 Å². The smallest absolute Gasteiger partial charge is 0.262 e. The minimum absolute atomic E-state index is 0.0229. The molecule has 0 spiro atoms. The molecule has 1 aliphatic rings. The number of nitrogens with zero attached hydrogens (tertiary/aromatic N) is 1. The Balaban J connectivity index is 2.00. The number of hydrogen-bond donors (Lipinski definition) is 1. The Hall–Kier alpha value is -2.29. The van der Waals surface area contributed by atoms with Crippen LogP contribution < -0.4 is 10.2 Å². The second-order valence-electron chi connectivity index (χ2n) is 5.36. The van der Waals surface area contributed by atoms with Crippen molar-refractivity contribution in [1.29, 1.82) is 0 Å². The number of benzene rings is 2. The van der Waals surface area contributed by atoms with Crippen LogP contribution in [0.3, 0.4) is 0 Å². The maximum Gasteiger partial charge on any atom is 0.262 e. The zero-order valence-corrected chi connectivity index (χ0v) is 12.3. The van der Waals surface area contributed by atoms with Gasteiger partial charge < -0.3 is 5.32 Å². The highest BCUT2D eigenvalue weighted by Gasteiger charge is 2.32. The molecule has 3 rings (SSSR count). The van der Waals surface area contributed by atoms with Gasteiger partial charge in [0.25, 0.3) is 5.91 Å². The Morgan fingerprint density at radius 3 is 2.52 bits per heavy atom. The lowest BCUT2D eigenvalue weighted by atomic mass is 10.0. The summed E-state index contributed by atoms with van der Waals surface area (Å²) in [6, 6.07) is 17.6. The first kappa shape index (κ1) is 13.7. The molecular weight excluding hydrogens is 260 g/mol. The molecule has 1 aliphatic heterocycles. The van der Waals surface area contributed by atoms with E-state index >= 15 is 0 Å². The lowest BCUT2D eigenvalue weighted by Gasteiger charge is -2.38. The van der Waals surface area contributed by atoms with Crippen molar-refractivity contribution in [3.63, 3.8) is 0 Å². The van der Waals surface area contributed by atoms with Crippen molar-refractivity contribution in [2.75, 3.05) is 10.2 Å². The third kappa shape index (κ3) is 2.64. The van der Waals surface area contributed by atoms with Crippen molar-refractivity contribution in [2.45, 2.75) is 32.4 Å². The summed E-state index contributed by atoms with van der Waals surface area (Å²) in [7, 11) is 0. The molecule has 0 saturated carbocycles. The van der Waals surface area contributed by atoms with E-state index in [1.165, 1.54) is 0 Å². The Morgan fingerprint density at radius 1 is 1.05 bits per heavy atom. The van der Waals surface area contributed by atoms with Gasteiger partial charge in [0, 0.05) is 11.4 Å². The Bertz CT molecular complexity index is 624. The van der Waals surface area contributed by atoms with Crippen LogP contribution in [0, 0.1) is 0 Å². The minimum Gasteiger partial charge on any atom is -0.364 e. The molecule has 3 nitrogen and oxygen atoms in total. The van der Waals surface area contributed by atoms with Crippen molar-refractivity contribution in [1.82, 2.24) is 0 Å². The molecule has 0 unspecified atom stereocenters. The van der Waals surface area contributed by atoms with Crippen LogP contribution in [0.1, 0.15) is 36.5 Å². The van der Waals surface area contributed by atoms with Crippen LogP contribution in [-0.2, 0) is 0 Å². The number of hydrogen-bond acceptors (Lipinski definition) is 2. The minimum atomic E-state index is 0.0229. The Morgan fingerprint density at radius 2 is 1.76 bits per heavy atom. The highest BCUT2D eigenvalue weighted by molar-refractivity contribution is 6.12. The van der Waals surface area contributed by atoms with Crippen molar-refractivity contribution >= 4 is 17.3 Å². The molecule has 1 heterocycles. The van der Waals surface area contributed by atoms with E-state index in [-0.39, 0.29) is 12.1 Å². The summed E-state index contributed by atoms with van der Waals surface area (Å²) in [5.41, 5.74) is 2.63. The number of fused-ring (bicyclic) bond motifs is 1. The number of carbonyl (C=O) groups excluding carboxylic acids is 1. The van der Waals surface area contributed by atoms with Gasteiger partial charge in [0.2, 0.25) is 0 Å². The first-order valence-electron chi connectivity index (χ1n) is 7.55. The average molecular weight is 280 g/mol. The predicted octanol–water partition coefficient (Wildman–Crippen LogP) is 4.28. The number of carbonyl (C=O) groups is 1. The van der Waals surface area contributed by atoms with E-state index in [9.17, 15) is 4.79 Å². The van der Waals surface area contributed by atoms with Gasteiger partial charge in [0.1, 0.15) is 6.17 Å². The van der Waals surface area contributed by atoms with E-state index in [2.05, 4.69) is 12.2 Å². The van der Waals surface area contributed by atoms with Gasteiger partial charge in [-0.3, -0.25) is 9.69 Å². The lowest BCUT2D eigenvalue weighted by Crippen LogP contribution is -2.49. The maximum absolute atomic E-state index is 12.9. The topological polar surface area (TPSA) is 32.3 Å². The second kappa shape index (κ2) is 6.00. The third-order valence-electron chi connectivity index (χ3n) is 3.88. The van der Waals surface area contributed by atoms with Crippen molar-refractivity contribution in [3.8, 4) is 0 Å². The quantitative estimate of drug-likeness (QED) is 0.906. The number of rotatable bonds is 4. The van der Waals surface area contributed by atoms with Crippen LogP contribution in [0.25, 0.3) is 0 Å². The number of anilines is 2. The van der Waals surface area contributed by atoms with Gasteiger partial charge in [-0.05, 0) is 37.1 Å². The van der Waals surface area contributed by atoms with Crippen LogP contribution in [0.4, 0.5) is 11.4 Å². The van der Waals surface area contributed by atoms with Gasteiger partial charge in [0.15, 0.2) is 0 Å². The summed E-state index contributed by atoms with van der Waals surface area (Å²) in [5, 5.41) is 3.52. The number of amides is 1. The van der Waals surface area contributed by atoms with Crippen LogP contribution in [0.15, 0.2) is 54.6 Å². The van der Waals surface area contributed by atoms with Crippen LogP contribution in [0.5, 0.6) is 0 Å². The fourth-order valence-corrected chi connectivity index (χ4v) is 2.80. The molecule has 2 aromatic rings. The standard InChI is InChI=1S/C18H20N2O/c1-2-3-13-17-19-16-12-8-7-11-15(16)18(21)20(17)14-9-5-4-6-10-14/h4-12,17,19H,2-3,13H2,1H3/t17-/m1/s1. The fraction of sp³-hybridized carbons (Fsp3) is 0.278. The van der Waals surface area contributed by atoms with Crippen molar-refractivity contribution in [2.24, 2.45) is 0 Å². The third-order valence-corrected chi connectivity index (χ3v) is 3.88. The molecule has 1 atom stereocenters. The van der Waals surface area contributed by atoms with Crippen molar-refractivity contribution < 1.29 is 4.79 Å². The predicted molar refractivity (Wildman–Crippen MR) is 86.6 cm³/mol. The van der Waals surface area contributed by atoms with E-state index in [4.69, 9.17) is 0 Å². The molecule has 0 aliphatic carbocycles. The Kier molecular flexibility index (Phi) is 3.91. The van der Waals surface area contributed by atoms with E-state index in [1.807, 2.05) is 59.5 Å². The molecule has 0 radical (unpaired) electrons. The largest absolute Gasteiger partial charge is 0.364 e. The maximum atomic E-state index is 12.9. The van der Waals surface area contributed by atoms with Crippen molar-refractivity contribution in [3.05, 3.63) is 60.2 Å². The number of nitrogens with one attached hydrogen (secondary N) is 1. The fourth-order valence-electron chi connectivity index (χ4n) is 2.80. The number of para-hydroxylation sites is 2. The first-order valence-corrected chi connectivity index (χ1v) is 7.55. The molecule has 21 heavy (non-hydrogen) atoms. The molecular formula is C18H20N2O. The van der Waals surface area contributed by atoms with E-state index in [0.29, 0.717) is 0 Å². The van der Waals surface area contributed by atoms with Gasteiger partial charge in [-0.2, -0.15) is 0 Å². The van der Waals surface area contributed by atoms with E-state index in [0.717, 1.165) is 36.2 Å². The normalized spacial score (nSPS) is 17.3. The Labute approximate surface area is 125 Å². The van der Waals surface area contributed by atoms with Gasteiger partial charge >= 0.3 is 0 Å². The molecule has 2 aromatic carbocycles. The highest BCUT2D eigenvalue weighted by atomic mass is 16.2. The molecule has 0 aromatic heterocycles. The number of unbranched alkanes of at least 4 members (excludes halogenated alkanes) is 1. The summed E-state index contributed by atoms with van der Waals surface area (Å²) in [5.74, 6) is 0.0802. The van der Waals surface area contributed by atoms with Crippen LogP contribution in [0.2, 0.25) is 0 Å². The van der Waals surface area contributed by atoms with Gasteiger partial charge in [0.05, 0.1) is 5.56 Å². The molecule has 3 heteroatoms. The summed E-state index contributed by atoms with van der Waals surface area (Å²) in [4.78, 5) is 14.8. The van der Waals surface area contributed by atoms with Crippen LogP contribution in [-0.4, -0.2) is 12.1 Å². The monoisotopic (exact) mass is 280 g/mol. The average Bonchev–Trinajstić information content (AvgIpc) is 2.54. The van der Waals surface area contributed by atoms with Gasteiger partial charge in [-0.25, -0.2) is 0 Å². The second-order valence-corrected chi connectivity index (χ2v) is 5.36. The summed E-state index contributed by atoms with van der Waals surface area (Å²) in [6.45, 7) is 2.17.